The molecule has 242 valence electrons. The lowest BCUT2D eigenvalue weighted by Crippen LogP contribution is -2.27. The van der Waals surface area contributed by atoms with E-state index < -0.39 is 25.0 Å². The maximum absolute atomic E-state index is 14.6. The average molecular weight is 645 g/mol. The molecule has 42 heavy (non-hydrogen) atoms. The Morgan fingerprint density at radius 2 is 1.64 bits per heavy atom. The second-order valence-electron chi connectivity index (χ2n) is 8.61. The fourth-order valence-electron chi connectivity index (χ4n) is 3.77. The van der Waals surface area contributed by atoms with E-state index in [1.54, 1.807) is 6.92 Å². The zero-order valence-electron chi connectivity index (χ0n) is 25.8. The van der Waals surface area contributed by atoms with E-state index >= 15 is 0 Å². The molecule has 4 nitrogen and oxygen atoms in total. The van der Waals surface area contributed by atoms with Crippen LogP contribution in [0.2, 0.25) is 5.02 Å². The van der Waals surface area contributed by atoms with Gasteiger partial charge in [0, 0.05) is 24.0 Å². The first kappa shape index (κ1) is 42.3. The van der Waals surface area contributed by atoms with E-state index in [2.05, 4.69) is 20.6 Å². The third kappa shape index (κ3) is 15.1. The second kappa shape index (κ2) is 25.7. The molecule has 0 aliphatic carbocycles. The van der Waals surface area contributed by atoms with Gasteiger partial charge in [-0.05, 0) is 58.2 Å². The number of aryl methyl sites for hydroxylation is 2. The Morgan fingerprint density at radius 3 is 2.10 bits per heavy atom. The molecule has 1 saturated heterocycles. The molecule has 1 aromatic carbocycles. The third-order valence-electron chi connectivity index (χ3n) is 5.74. The molecule has 2 N–H and O–H groups in total. The number of nitrogens with two attached hydrogens (primary N) is 1. The van der Waals surface area contributed by atoms with Crippen LogP contribution in [0.15, 0.2) is 29.2 Å². The van der Waals surface area contributed by atoms with Gasteiger partial charge in [0.15, 0.2) is 5.82 Å². The molecule has 12 heteroatoms. The van der Waals surface area contributed by atoms with Gasteiger partial charge in [-0.3, -0.25) is 4.39 Å². The Morgan fingerprint density at radius 1 is 1.07 bits per heavy atom. The fraction of sp³-hybridized carbons (Fsp3) is 0.600. The van der Waals surface area contributed by atoms with Crippen molar-refractivity contribution in [3.8, 4) is 0 Å². The first-order chi connectivity index (χ1) is 20.1. The predicted octanol–water partition coefficient (Wildman–Crippen LogP) is 9.60. The van der Waals surface area contributed by atoms with Crippen LogP contribution in [0.4, 0.5) is 25.8 Å². The van der Waals surface area contributed by atoms with Gasteiger partial charge in [0.05, 0.1) is 35.8 Å². The standard InChI is InChI=1S/C17H17ClF2N2S.C8H16FN.C2H5F2N.C2H6.CH3F/c1-4-6-7-8-9-11-13-10(3)21-12(5-2)22-16(13)15(19)17(23-20)14(11)18;1-2-8(9)7-10-5-3-4-6-10;3-2(4)1-5;2*1-2/h4,6-8H,5,9H2,1-3H3;8H,2-7H2,1H3;2H,1,5H2;1-2H3;1H3/b6-4+,8-7+;;;;. The summed E-state index contributed by atoms with van der Waals surface area (Å²) in [5.74, 6) is -0.194. The van der Waals surface area contributed by atoms with Crippen LogP contribution in [-0.4, -0.2) is 60.8 Å². The molecular formula is C30H47ClF6N4S. The first-order valence-corrected chi connectivity index (χ1v) is 15.2. The van der Waals surface area contributed by atoms with E-state index in [0.29, 0.717) is 55.5 Å². The number of rotatable bonds is 9. The van der Waals surface area contributed by atoms with Gasteiger partial charge in [-0.1, -0.05) is 63.6 Å². The number of hydrogen-bond donors (Lipinski definition) is 1. The summed E-state index contributed by atoms with van der Waals surface area (Å²) in [4.78, 5) is 10.6. The van der Waals surface area contributed by atoms with E-state index in [-0.39, 0.29) is 27.6 Å². The van der Waals surface area contributed by atoms with Crippen LogP contribution in [0.3, 0.4) is 0 Å². The molecule has 0 amide bonds. The van der Waals surface area contributed by atoms with E-state index in [9.17, 15) is 25.8 Å². The number of benzene rings is 1. The lowest BCUT2D eigenvalue weighted by atomic mass is 10.0. The van der Waals surface area contributed by atoms with Gasteiger partial charge >= 0.3 is 0 Å². The van der Waals surface area contributed by atoms with Gasteiger partial charge < -0.3 is 10.6 Å². The molecular weight excluding hydrogens is 598 g/mol. The Balaban J connectivity index is 0. The summed E-state index contributed by atoms with van der Waals surface area (Å²) in [6.07, 6.45) is 8.80. The minimum atomic E-state index is -2.34. The third-order valence-corrected chi connectivity index (χ3v) is 6.81. The van der Waals surface area contributed by atoms with Crippen molar-refractivity contribution in [3.63, 3.8) is 0 Å². The zero-order valence-corrected chi connectivity index (χ0v) is 27.4. The largest absolute Gasteiger partial charge is 0.325 e. The highest BCUT2D eigenvalue weighted by Crippen LogP contribution is 2.40. The normalized spacial score (nSPS) is 13.6. The van der Waals surface area contributed by atoms with Crippen LogP contribution in [-0.2, 0) is 12.8 Å². The number of hydrogen-bond acceptors (Lipinski definition) is 5. The highest BCUT2D eigenvalue weighted by atomic mass is 35.5. The van der Waals surface area contributed by atoms with Gasteiger partial charge in [0.2, 0.25) is 0 Å². The number of alkyl halides is 4. The van der Waals surface area contributed by atoms with E-state index in [0.717, 1.165) is 13.1 Å². The van der Waals surface area contributed by atoms with Crippen LogP contribution in [0.1, 0.15) is 71.0 Å². The Labute approximate surface area is 257 Å². The van der Waals surface area contributed by atoms with Crippen LogP contribution in [0.25, 0.3) is 10.9 Å². The van der Waals surface area contributed by atoms with Gasteiger partial charge in [0.1, 0.15) is 17.5 Å². The molecule has 1 aliphatic rings. The van der Waals surface area contributed by atoms with Crippen molar-refractivity contribution < 1.29 is 25.8 Å². The lowest BCUT2D eigenvalue weighted by molar-refractivity contribution is 0.158. The van der Waals surface area contributed by atoms with E-state index in [4.69, 9.17) is 11.6 Å². The van der Waals surface area contributed by atoms with Gasteiger partial charge in [0.25, 0.3) is 6.43 Å². The summed E-state index contributed by atoms with van der Waals surface area (Å²) in [5, 5.41) is 0.649. The van der Waals surface area contributed by atoms with E-state index in [1.807, 2.05) is 58.9 Å². The monoisotopic (exact) mass is 644 g/mol. The number of likely N-dealkylation sites (tertiary alicyclic amines) is 1. The van der Waals surface area contributed by atoms with Crippen molar-refractivity contribution in [1.82, 2.24) is 14.9 Å². The molecule has 0 bridgehead atoms. The number of fused-ring (bicyclic) bond motifs is 1. The number of allylic oxidation sites excluding steroid dienone is 4. The van der Waals surface area contributed by atoms with Gasteiger partial charge in [-0.25, -0.2) is 27.5 Å². The van der Waals surface area contributed by atoms with Crippen LogP contribution >= 0.6 is 23.7 Å². The Kier molecular flexibility index (Phi) is 25.8. The number of aromatic nitrogens is 2. The maximum Gasteiger partial charge on any atom is 0.250 e. The molecule has 1 fully saturated rings. The molecule has 3 rings (SSSR count). The number of nitrogens with zero attached hydrogens (tertiary/aromatic N) is 3. The van der Waals surface area contributed by atoms with Crippen LogP contribution in [0.5, 0.6) is 0 Å². The van der Waals surface area contributed by atoms with Crippen molar-refractivity contribution in [2.45, 2.75) is 91.1 Å². The summed E-state index contributed by atoms with van der Waals surface area (Å²) < 4.78 is 71.3. The molecule has 2 aromatic rings. The van der Waals surface area contributed by atoms with Crippen LogP contribution < -0.4 is 5.73 Å². The minimum absolute atomic E-state index is 0.0866. The second-order valence-corrected chi connectivity index (χ2v) is 9.55. The summed E-state index contributed by atoms with van der Waals surface area (Å²) in [7, 11) is 0.500. The SMILES string of the molecule is C/C=C/C=C/Cc1c(Cl)c(SF)c(F)c2nc(CC)nc(C)c12.CC.CCC(F)CN1CCCC1.CF.NCC(F)F. The smallest absolute Gasteiger partial charge is 0.250 e. The first-order valence-electron chi connectivity index (χ1n) is 14.1. The molecule has 0 spiro atoms. The molecule has 0 saturated carbocycles. The molecule has 1 aromatic heterocycles. The molecule has 1 aliphatic heterocycles. The van der Waals surface area contributed by atoms with Crippen molar-refractivity contribution in [2.24, 2.45) is 5.73 Å². The highest BCUT2D eigenvalue weighted by Gasteiger charge is 2.22. The van der Waals surface area contributed by atoms with Crippen molar-refractivity contribution >= 4 is 34.7 Å². The molecule has 1 unspecified atom stereocenters. The van der Waals surface area contributed by atoms with Crippen molar-refractivity contribution in [3.05, 3.63) is 52.2 Å². The lowest BCUT2D eigenvalue weighted by Gasteiger charge is -2.15. The van der Waals surface area contributed by atoms with Crippen LogP contribution in [0, 0.1) is 12.7 Å². The van der Waals surface area contributed by atoms with E-state index in [1.165, 1.54) is 12.8 Å². The number of halogens is 7. The topological polar surface area (TPSA) is 55.0 Å². The van der Waals surface area contributed by atoms with Crippen molar-refractivity contribution in [2.75, 3.05) is 33.4 Å². The molecule has 1 atom stereocenters. The summed E-state index contributed by atoms with van der Waals surface area (Å²) in [6, 6.07) is 0. The van der Waals surface area contributed by atoms with Gasteiger partial charge in [-0.15, -0.1) is 0 Å². The highest BCUT2D eigenvalue weighted by molar-refractivity contribution is 7.94. The zero-order chi connectivity index (χ0) is 32.7. The fourth-order valence-corrected chi connectivity index (χ4v) is 4.47. The van der Waals surface area contributed by atoms with Crippen molar-refractivity contribution in [1.29, 1.82) is 0 Å². The average Bonchev–Trinajstić information content (AvgIpc) is 3.52. The summed E-state index contributed by atoms with van der Waals surface area (Å²) in [5.41, 5.74) is 5.85. The summed E-state index contributed by atoms with van der Waals surface area (Å²) in [6.45, 7) is 13.9. The minimum Gasteiger partial charge on any atom is -0.325 e. The molecule has 2 heterocycles. The Hall–Kier alpha value is -1.82. The summed E-state index contributed by atoms with van der Waals surface area (Å²) >= 11 is 6.05. The Bertz CT molecular complexity index is 1050. The molecule has 0 radical (unpaired) electrons. The predicted molar refractivity (Wildman–Crippen MR) is 168 cm³/mol. The quantitative estimate of drug-likeness (QED) is 0.218. The van der Waals surface area contributed by atoms with Gasteiger partial charge in [-0.2, -0.15) is 3.89 Å². The maximum atomic E-state index is 14.6.